The number of amides is 1. The minimum absolute atomic E-state index is 0.200. The Morgan fingerprint density at radius 3 is 2.20 bits per heavy atom. The second kappa shape index (κ2) is 7.51. The van der Waals surface area contributed by atoms with Crippen LogP contribution in [0, 0.1) is 0 Å². The number of nitrogens with one attached hydrogen (secondary N) is 1. The highest BCUT2D eigenvalue weighted by Crippen LogP contribution is 2.32. The van der Waals surface area contributed by atoms with Crippen LogP contribution in [-0.2, 0) is 18.9 Å². The van der Waals surface area contributed by atoms with Crippen molar-refractivity contribution in [2.75, 3.05) is 5.32 Å². The van der Waals surface area contributed by atoms with Crippen molar-refractivity contribution in [3.8, 4) is 0 Å². The minimum Gasteiger partial charge on any atom is -0.347 e. The third-order valence-corrected chi connectivity index (χ3v) is 4.44. The molecule has 0 aliphatic rings. The van der Waals surface area contributed by atoms with Crippen LogP contribution in [0.1, 0.15) is 28.4 Å². The van der Waals surface area contributed by atoms with Crippen LogP contribution >= 0.6 is 0 Å². The van der Waals surface area contributed by atoms with Gasteiger partial charge >= 0.3 is 12.4 Å². The number of carbonyl (C=O) groups excluding carboxylic acids is 1. The van der Waals surface area contributed by atoms with Gasteiger partial charge in [-0.15, -0.1) is 0 Å². The van der Waals surface area contributed by atoms with E-state index in [4.69, 9.17) is 0 Å². The molecule has 0 bridgehead atoms. The molecule has 0 spiro atoms. The molecule has 4 nitrogen and oxygen atoms in total. The number of benzene rings is 2. The second-order valence-electron chi connectivity index (χ2n) is 6.42. The third-order valence-electron chi connectivity index (χ3n) is 4.44. The summed E-state index contributed by atoms with van der Waals surface area (Å²) in [5, 5.41) is 1.88. The third kappa shape index (κ3) is 4.17. The van der Waals surface area contributed by atoms with Gasteiger partial charge in [-0.1, -0.05) is 6.07 Å². The fraction of sp³-hybridized carbons (Fsp3) is 0.200. The Hall–Kier alpha value is -3.30. The fourth-order valence-electron chi connectivity index (χ4n) is 2.97. The van der Waals surface area contributed by atoms with Gasteiger partial charge in [0.1, 0.15) is 5.56 Å². The van der Waals surface area contributed by atoms with Crippen LogP contribution < -0.4 is 10.7 Å². The summed E-state index contributed by atoms with van der Waals surface area (Å²) in [4.78, 5) is 25.3. The van der Waals surface area contributed by atoms with Crippen molar-refractivity contribution in [1.29, 1.82) is 0 Å². The topological polar surface area (TPSA) is 51.1 Å². The molecule has 0 fully saturated rings. The van der Waals surface area contributed by atoms with Crippen LogP contribution in [0.25, 0.3) is 10.9 Å². The number of hydrogen-bond acceptors (Lipinski definition) is 2. The Labute approximate surface area is 165 Å². The Kier molecular flexibility index (Phi) is 5.36. The van der Waals surface area contributed by atoms with Crippen LogP contribution in [0.2, 0.25) is 0 Å². The van der Waals surface area contributed by atoms with E-state index in [1.54, 1.807) is 6.92 Å². The van der Waals surface area contributed by atoms with Gasteiger partial charge in [-0.3, -0.25) is 9.59 Å². The van der Waals surface area contributed by atoms with Crippen molar-refractivity contribution in [2.45, 2.75) is 25.8 Å². The van der Waals surface area contributed by atoms with E-state index in [0.29, 0.717) is 12.1 Å². The summed E-state index contributed by atoms with van der Waals surface area (Å²) in [6.07, 6.45) is -8.15. The van der Waals surface area contributed by atoms with Crippen molar-refractivity contribution in [2.24, 2.45) is 0 Å². The molecule has 30 heavy (non-hydrogen) atoms. The lowest BCUT2D eigenvalue weighted by Gasteiger charge is -2.14. The van der Waals surface area contributed by atoms with Crippen LogP contribution in [0.3, 0.4) is 0 Å². The lowest BCUT2D eigenvalue weighted by Crippen LogP contribution is -2.24. The van der Waals surface area contributed by atoms with Gasteiger partial charge in [0.15, 0.2) is 0 Å². The lowest BCUT2D eigenvalue weighted by molar-refractivity contribution is -0.138. The van der Waals surface area contributed by atoms with Gasteiger partial charge in [0.2, 0.25) is 5.43 Å². The normalized spacial score (nSPS) is 12.2. The van der Waals surface area contributed by atoms with E-state index in [-0.39, 0.29) is 23.1 Å². The maximum Gasteiger partial charge on any atom is 0.416 e. The summed E-state index contributed by atoms with van der Waals surface area (Å²) in [6.45, 7) is 1.90. The Morgan fingerprint density at radius 1 is 0.967 bits per heavy atom. The molecule has 0 radical (unpaired) electrons. The maximum absolute atomic E-state index is 13.0. The van der Waals surface area contributed by atoms with Crippen LogP contribution in [-0.4, -0.2) is 10.5 Å². The predicted octanol–water partition coefficient (Wildman–Crippen LogP) is 5.31. The fourth-order valence-corrected chi connectivity index (χ4v) is 2.97. The number of alkyl halides is 6. The molecule has 0 unspecified atom stereocenters. The van der Waals surface area contributed by atoms with Gasteiger partial charge in [-0.2, -0.15) is 26.3 Å². The molecule has 1 aromatic heterocycles. The molecule has 0 saturated heterocycles. The summed E-state index contributed by atoms with van der Waals surface area (Å²) in [5.41, 5.74) is -3.50. The summed E-state index contributed by atoms with van der Waals surface area (Å²) < 4.78 is 79.0. The molecule has 158 valence electrons. The summed E-state index contributed by atoms with van der Waals surface area (Å²) in [5.74, 6) is -1.03. The van der Waals surface area contributed by atoms with Crippen LogP contribution in [0.15, 0.2) is 53.5 Å². The summed E-state index contributed by atoms with van der Waals surface area (Å²) in [6, 6.07) is 6.42. The van der Waals surface area contributed by atoms with Gasteiger partial charge in [-0.25, -0.2) is 0 Å². The number of anilines is 1. The average Bonchev–Trinajstić information content (AvgIpc) is 2.67. The highest BCUT2D eigenvalue weighted by molar-refractivity contribution is 6.05. The number of aryl methyl sites for hydroxylation is 1. The first-order chi connectivity index (χ1) is 13.9. The first-order valence-electron chi connectivity index (χ1n) is 8.65. The van der Waals surface area contributed by atoms with Crippen molar-refractivity contribution in [3.63, 3.8) is 0 Å². The molecular weight excluding hydrogens is 414 g/mol. The average molecular weight is 428 g/mol. The molecule has 1 amide bonds. The minimum atomic E-state index is -4.69. The van der Waals surface area contributed by atoms with Gasteiger partial charge < -0.3 is 9.88 Å². The molecule has 0 atom stereocenters. The zero-order valence-corrected chi connectivity index (χ0v) is 15.4. The number of aromatic nitrogens is 1. The van der Waals surface area contributed by atoms with Crippen molar-refractivity contribution >= 4 is 22.5 Å². The van der Waals surface area contributed by atoms with E-state index in [1.807, 2.05) is 0 Å². The van der Waals surface area contributed by atoms with Gasteiger partial charge in [0.05, 0.1) is 16.6 Å². The van der Waals surface area contributed by atoms with Crippen LogP contribution in [0.5, 0.6) is 0 Å². The number of halogens is 6. The monoisotopic (exact) mass is 428 g/mol. The summed E-state index contributed by atoms with van der Waals surface area (Å²) in [7, 11) is 0. The van der Waals surface area contributed by atoms with Crippen LogP contribution in [0.4, 0.5) is 32.0 Å². The van der Waals surface area contributed by atoms with Crippen molar-refractivity contribution in [1.82, 2.24) is 4.57 Å². The number of nitrogens with zero attached hydrogens (tertiary/aromatic N) is 1. The zero-order chi connectivity index (χ0) is 22.3. The van der Waals surface area contributed by atoms with E-state index in [0.717, 1.165) is 24.3 Å². The van der Waals surface area contributed by atoms with Gasteiger partial charge in [0, 0.05) is 23.8 Å². The Bertz CT molecular complexity index is 1180. The lowest BCUT2D eigenvalue weighted by atomic mass is 10.1. The molecular formula is C20H14F6N2O2. The summed E-state index contributed by atoms with van der Waals surface area (Å²) >= 11 is 0. The number of carbonyl (C=O) groups is 1. The van der Waals surface area contributed by atoms with Gasteiger partial charge in [0.25, 0.3) is 5.91 Å². The highest BCUT2D eigenvalue weighted by Gasteiger charge is 2.32. The Morgan fingerprint density at radius 2 is 1.60 bits per heavy atom. The smallest absolute Gasteiger partial charge is 0.347 e. The number of fused-ring (bicyclic) bond motifs is 1. The van der Waals surface area contributed by atoms with E-state index >= 15 is 0 Å². The molecule has 1 heterocycles. The first kappa shape index (κ1) is 21.4. The highest BCUT2D eigenvalue weighted by atomic mass is 19.4. The van der Waals surface area contributed by atoms with Crippen molar-refractivity contribution in [3.05, 3.63) is 75.6 Å². The van der Waals surface area contributed by atoms with E-state index < -0.39 is 40.4 Å². The molecule has 3 rings (SSSR count). The first-order valence-corrected chi connectivity index (χ1v) is 8.65. The van der Waals surface area contributed by atoms with E-state index in [1.165, 1.54) is 16.8 Å². The molecule has 0 saturated carbocycles. The molecule has 3 aromatic rings. The molecule has 2 aromatic carbocycles. The van der Waals surface area contributed by atoms with Crippen molar-refractivity contribution < 1.29 is 31.1 Å². The van der Waals surface area contributed by atoms with E-state index in [2.05, 4.69) is 5.32 Å². The SMILES string of the molecule is CCn1cc(C(=O)Nc2cccc(C(F)(F)F)c2)c(=O)c2cc(C(F)(F)F)ccc21. The number of rotatable bonds is 3. The second-order valence-corrected chi connectivity index (χ2v) is 6.42. The standard InChI is InChI=1S/C20H14F6N2O2/c1-2-28-10-15(17(29)14-9-12(20(24,25)26)6-7-16(14)28)18(30)27-13-5-3-4-11(8-13)19(21,22)23/h3-10H,2H2,1H3,(H,27,30). The molecule has 1 N–H and O–H groups in total. The molecule has 10 heteroatoms. The van der Waals surface area contributed by atoms with Gasteiger partial charge in [-0.05, 0) is 43.3 Å². The quantitative estimate of drug-likeness (QED) is 0.575. The number of hydrogen-bond donors (Lipinski definition) is 1. The predicted molar refractivity (Wildman–Crippen MR) is 98.3 cm³/mol. The number of pyridine rings is 1. The molecule has 0 aliphatic heterocycles. The maximum atomic E-state index is 13.0. The van der Waals surface area contributed by atoms with E-state index in [9.17, 15) is 35.9 Å². The zero-order valence-electron chi connectivity index (χ0n) is 15.4. The molecule has 0 aliphatic carbocycles. The largest absolute Gasteiger partial charge is 0.416 e. The Balaban J connectivity index is 2.08.